The number of rotatable bonds is 7. The Bertz CT molecular complexity index is 1340. The van der Waals surface area contributed by atoms with Crippen molar-refractivity contribution in [3.63, 3.8) is 0 Å². The van der Waals surface area contributed by atoms with Crippen LogP contribution >= 0.6 is 11.6 Å². The van der Waals surface area contributed by atoms with E-state index in [1.165, 1.54) is 12.1 Å². The normalized spacial score (nSPS) is 19.6. The first-order chi connectivity index (χ1) is 18.4. The molecule has 3 atom stereocenters. The number of nitrogens with zero attached hydrogens (tertiary/aromatic N) is 3. The zero-order chi connectivity index (χ0) is 26.6. The van der Waals surface area contributed by atoms with Crippen LogP contribution in [0.2, 0.25) is 5.02 Å². The number of nitriles is 1. The van der Waals surface area contributed by atoms with E-state index in [9.17, 15) is 19.2 Å². The van der Waals surface area contributed by atoms with Gasteiger partial charge in [0.15, 0.2) is 0 Å². The van der Waals surface area contributed by atoms with Gasteiger partial charge in [-0.3, -0.25) is 9.59 Å². The van der Waals surface area contributed by atoms with Gasteiger partial charge in [0.1, 0.15) is 5.82 Å². The van der Waals surface area contributed by atoms with Crippen molar-refractivity contribution in [1.29, 1.82) is 5.26 Å². The Morgan fingerprint density at radius 3 is 2.39 bits per heavy atom. The number of carbonyl (C=O) groups excluding carboxylic acids is 2. The summed E-state index contributed by atoms with van der Waals surface area (Å²) in [5.74, 6) is -0.503. The summed E-state index contributed by atoms with van der Waals surface area (Å²) in [4.78, 5) is 30.1. The molecule has 2 aliphatic rings. The first-order valence-electron chi connectivity index (χ1n) is 12.7. The van der Waals surface area contributed by atoms with Crippen LogP contribution in [0.15, 0.2) is 72.8 Å². The third kappa shape index (κ3) is 5.57. The fourth-order valence-electron chi connectivity index (χ4n) is 5.59. The summed E-state index contributed by atoms with van der Waals surface area (Å²) in [5.41, 5.74) is 1.88. The van der Waals surface area contributed by atoms with Crippen molar-refractivity contribution in [3.8, 4) is 6.07 Å². The Hall–Kier alpha value is -3.73. The highest BCUT2D eigenvalue weighted by atomic mass is 35.5. The second-order valence-corrected chi connectivity index (χ2v) is 10.4. The fraction of sp³-hybridized carbons (Fsp3) is 0.300. The van der Waals surface area contributed by atoms with Crippen molar-refractivity contribution in [3.05, 3.63) is 106 Å². The molecular formula is C30H28ClFN4O2. The standard InChI is InChI=1S/C30H28ClFN4O2/c31-25-10-5-11-26(32)28(25)30(38)36-18-23-16-35(17-24(23)19-36)13-12-27(21-7-2-1-3-8-21)34-29(37)22-9-4-6-20(14-22)15-33/h1-11,14,23-24,27H,12-13,16-19H2,(H,34,37)/t23?,24?,27-/m0/s1. The quantitative estimate of drug-likeness (QED) is 0.470. The van der Waals surface area contributed by atoms with Crippen LogP contribution in [0.3, 0.4) is 0 Å². The molecule has 0 aliphatic carbocycles. The maximum absolute atomic E-state index is 14.3. The topological polar surface area (TPSA) is 76.4 Å². The average Bonchev–Trinajstić information content (AvgIpc) is 3.50. The van der Waals surface area contributed by atoms with Crippen LogP contribution < -0.4 is 5.32 Å². The van der Waals surface area contributed by atoms with Crippen molar-refractivity contribution in [2.24, 2.45) is 11.8 Å². The molecule has 38 heavy (non-hydrogen) atoms. The van der Waals surface area contributed by atoms with Gasteiger partial charge in [0.25, 0.3) is 11.8 Å². The Balaban J connectivity index is 1.20. The summed E-state index contributed by atoms with van der Waals surface area (Å²) in [7, 11) is 0. The molecule has 1 N–H and O–H groups in total. The third-order valence-corrected chi connectivity index (χ3v) is 7.84. The summed E-state index contributed by atoms with van der Waals surface area (Å²) < 4.78 is 14.3. The minimum atomic E-state index is -0.588. The molecule has 0 saturated carbocycles. The first-order valence-corrected chi connectivity index (χ1v) is 13.1. The predicted octanol–water partition coefficient (Wildman–Crippen LogP) is 4.92. The molecule has 2 aliphatic heterocycles. The monoisotopic (exact) mass is 530 g/mol. The zero-order valence-electron chi connectivity index (χ0n) is 20.8. The summed E-state index contributed by atoms with van der Waals surface area (Å²) in [5, 5.41) is 12.5. The second kappa shape index (κ2) is 11.3. The molecule has 3 aromatic rings. The van der Waals surface area contributed by atoms with Gasteiger partial charge in [-0.1, -0.05) is 54.1 Å². The maximum atomic E-state index is 14.3. The Morgan fingerprint density at radius 1 is 1.00 bits per heavy atom. The molecule has 0 bridgehead atoms. The SMILES string of the molecule is N#Cc1cccc(C(=O)N[C@@H](CCN2CC3CN(C(=O)c4c(F)cccc4Cl)CC3C2)c2ccccc2)c1. The minimum Gasteiger partial charge on any atom is -0.345 e. The lowest BCUT2D eigenvalue weighted by molar-refractivity contribution is 0.0769. The Morgan fingerprint density at radius 2 is 1.71 bits per heavy atom. The molecular weight excluding hydrogens is 503 g/mol. The van der Waals surface area contributed by atoms with E-state index in [4.69, 9.17) is 11.6 Å². The molecule has 0 spiro atoms. The lowest BCUT2D eigenvalue weighted by Crippen LogP contribution is -2.35. The molecule has 8 heteroatoms. The minimum absolute atomic E-state index is 0.0484. The van der Waals surface area contributed by atoms with Gasteiger partial charge in [-0.2, -0.15) is 5.26 Å². The van der Waals surface area contributed by atoms with Crippen LogP contribution in [0, 0.1) is 29.0 Å². The highest BCUT2D eigenvalue weighted by molar-refractivity contribution is 6.33. The number of fused-ring (bicyclic) bond motifs is 1. The Labute approximate surface area is 226 Å². The highest BCUT2D eigenvalue weighted by Crippen LogP contribution is 2.33. The molecule has 0 aromatic heterocycles. The highest BCUT2D eigenvalue weighted by Gasteiger charge is 2.42. The van der Waals surface area contributed by atoms with Gasteiger partial charge in [-0.15, -0.1) is 0 Å². The largest absolute Gasteiger partial charge is 0.345 e. The van der Waals surface area contributed by atoms with E-state index in [0.717, 1.165) is 31.6 Å². The third-order valence-electron chi connectivity index (χ3n) is 7.52. The number of benzene rings is 3. The van der Waals surface area contributed by atoms with Gasteiger partial charge in [0.05, 0.1) is 28.3 Å². The van der Waals surface area contributed by atoms with Crippen LogP contribution in [0.4, 0.5) is 4.39 Å². The van der Waals surface area contributed by atoms with Crippen LogP contribution in [0.5, 0.6) is 0 Å². The maximum Gasteiger partial charge on any atom is 0.258 e. The van der Waals surface area contributed by atoms with Crippen LogP contribution in [-0.2, 0) is 0 Å². The van der Waals surface area contributed by atoms with Gasteiger partial charge >= 0.3 is 0 Å². The number of nitrogens with one attached hydrogen (secondary N) is 1. The molecule has 194 valence electrons. The number of likely N-dealkylation sites (tertiary alicyclic amines) is 2. The number of hydrogen-bond donors (Lipinski definition) is 1. The van der Waals surface area contributed by atoms with E-state index < -0.39 is 5.82 Å². The zero-order valence-corrected chi connectivity index (χ0v) is 21.6. The van der Waals surface area contributed by atoms with Crippen LogP contribution in [0.25, 0.3) is 0 Å². The van der Waals surface area contributed by atoms with Gasteiger partial charge in [0, 0.05) is 38.3 Å². The molecule has 6 nitrogen and oxygen atoms in total. The summed E-state index contributed by atoms with van der Waals surface area (Å²) in [6, 6.07) is 22.8. The smallest absolute Gasteiger partial charge is 0.258 e. The molecule has 2 fully saturated rings. The molecule has 5 rings (SSSR count). The molecule has 0 radical (unpaired) electrons. The van der Waals surface area contributed by atoms with E-state index in [0.29, 0.717) is 36.1 Å². The van der Waals surface area contributed by atoms with E-state index in [1.807, 2.05) is 30.3 Å². The van der Waals surface area contributed by atoms with Gasteiger partial charge < -0.3 is 15.1 Å². The first kappa shape index (κ1) is 25.9. The molecule has 2 saturated heterocycles. The van der Waals surface area contributed by atoms with Crippen LogP contribution in [0.1, 0.15) is 44.3 Å². The van der Waals surface area contributed by atoms with Crippen molar-refractivity contribution < 1.29 is 14.0 Å². The van der Waals surface area contributed by atoms with Crippen molar-refractivity contribution in [2.45, 2.75) is 12.5 Å². The predicted molar refractivity (Wildman–Crippen MR) is 143 cm³/mol. The fourth-order valence-corrected chi connectivity index (χ4v) is 5.83. The Kier molecular flexibility index (Phi) is 7.73. The molecule has 2 heterocycles. The van der Waals surface area contributed by atoms with E-state index in [-0.39, 0.29) is 28.4 Å². The number of amides is 2. The van der Waals surface area contributed by atoms with Crippen LogP contribution in [-0.4, -0.2) is 54.3 Å². The van der Waals surface area contributed by atoms with E-state index in [2.05, 4.69) is 16.3 Å². The van der Waals surface area contributed by atoms with Crippen molar-refractivity contribution in [1.82, 2.24) is 15.1 Å². The molecule has 2 unspecified atom stereocenters. The summed E-state index contributed by atoms with van der Waals surface area (Å²) in [6.45, 7) is 3.65. The number of hydrogen-bond acceptors (Lipinski definition) is 4. The summed E-state index contributed by atoms with van der Waals surface area (Å²) >= 11 is 6.12. The average molecular weight is 531 g/mol. The van der Waals surface area contributed by atoms with Gasteiger partial charge in [-0.05, 0) is 54.2 Å². The lowest BCUT2D eigenvalue weighted by Gasteiger charge is -2.25. The second-order valence-electron chi connectivity index (χ2n) is 10.0. The van der Waals surface area contributed by atoms with Crippen molar-refractivity contribution >= 4 is 23.4 Å². The summed E-state index contributed by atoms with van der Waals surface area (Å²) in [6.07, 6.45) is 0.723. The number of carbonyl (C=O) groups is 2. The lowest BCUT2D eigenvalue weighted by atomic mass is 10.0. The number of halogens is 2. The molecule has 2 amide bonds. The van der Waals surface area contributed by atoms with Gasteiger partial charge in [-0.25, -0.2) is 4.39 Å². The molecule has 3 aromatic carbocycles. The van der Waals surface area contributed by atoms with E-state index in [1.54, 1.807) is 35.2 Å². The van der Waals surface area contributed by atoms with Crippen molar-refractivity contribution in [2.75, 3.05) is 32.7 Å². The van der Waals surface area contributed by atoms with Gasteiger partial charge in [0.2, 0.25) is 0 Å². The van der Waals surface area contributed by atoms with E-state index >= 15 is 0 Å².